The molecule has 120 valence electrons. The van der Waals surface area contributed by atoms with Crippen LogP contribution in [0.15, 0.2) is 48.5 Å². The number of sulfonamides is 1. The van der Waals surface area contributed by atoms with Crippen LogP contribution in [0.1, 0.15) is 16.8 Å². The predicted octanol–water partition coefficient (Wildman–Crippen LogP) is 3.13. The van der Waals surface area contributed by atoms with Crippen molar-refractivity contribution in [2.45, 2.75) is 6.42 Å². The fraction of sp³-hybridized carbons (Fsp3) is 0.188. The Morgan fingerprint density at radius 1 is 1.13 bits per heavy atom. The van der Waals surface area contributed by atoms with Crippen LogP contribution in [0.5, 0.6) is 0 Å². The van der Waals surface area contributed by atoms with E-state index in [4.69, 9.17) is 11.6 Å². The molecule has 5 nitrogen and oxygen atoms in total. The molecule has 0 aliphatic carbocycles. The number of anilines is 2. The van der Waals surface area contributed by atoms with Crippen molar-refractivity contribution in [3.8, 4) is 0 Å². The Bertz CT molecular complexity index is 835. The average molecular weight is 351 g/mol. The summed E-state index contributed by atoms with van der Waals surface area (Å²) >= 11 is 5.81. The molecule has 0 unspecified atom stereocenters. The maximum Gasteiger partial charge on any atom is 0.255 e. The monoisotopic (exact) mass is 350 g/mol. The fourth-order valence-corrected chi connectivity index (χ4v) is 4.15. The normalized spacial score (nSPS) is 16.3. The Kier molecular flexibility index (Phi) is 4.28. The van der Waals surface area contributed by atoms with Crippen LogP contribution in [0.25, 0.3) is 0 Å². The van der Waals surface area contributed by atoms with Crippen LogP contribution in [0.3, 0.4) is 0 Å². The number of amides is 1. The molecule has 0 radical (unpaired) electrons. The standard InChI is InChI=1S/C16H15ClN2O3S/c17-13-5-7-14(8-6-13)18-16(20)12-3-1-4-15(11-12)19-9-2-10-23(19,21)22/h1,3-8,11H,2,9-10H2,(H,18,20). The first-order valence-corrected chi connectivity index (χ1v) is 9.12. The maximum atomic E-state index is 12.3. The number of hydrogen-bond acceptors (Lipinski definition) is 3. The molecular weight excluding hydrogens is 336 g/mol. The minimum absolute atomic E-state index is 0.147. The van der Waals surface area contributed by atoms with Gasteiger partial charge in [0.15, 0.2) is 0 Å². The minimum atomic E-state index is -3.26. The summed E-state index contributed by atoms with van der Waals surface area (Å²) in [5.74, 6) is -0.153. The molecule has 1 amide bonds. The third kappa shape index (κ3) is 3.48. The molecular formula is C16H15ClN2O3S. The van der Waals surface area contributed by atoms with Crippen molar-refractivity contribution in [2.75, 3.05) is 21.9 Å². The minimum Gasteiger partial charge on any atom is -0.322 e. The van der Waals surface area contributed by atoms with E-state index < -0.39 is 10.0 Å². The zero-order valence-corrected chi connectivity index (χ0v) is 13.8. The van der Waals surface area contributed by atoms with E-state index in [2.05, 4.69) is 5.32 Å². The van der Waals surface area contributed by atoms with Crippen molar-refractivity contribution in [2.24, 2.45) is 0 Å². The van der Waals surface area contributed by atoms with Crippen LogP contribution in [0.2, 0.25) is 5.02 Å². The smallest absolute Gasteiger partial charge is 0.255 e. The summed E-state index contributed by atoms with van der Waals surface area (Å²) in [6, 6.07) is 13.4. The Morgan fingerprint density at radius 3 is 2.52 bits per heavy atom. The molecule has 0 saturated carbocycles. The van der Waals surface area contributed by atoms with Gasteiger partial charge in [0.25, 0.3) is 5.91 Å². The first-order valence-electron chi connectivity index (χ1n) is 7.13. The SMILES string of the molecule is O=C(Nc1ccc(Cl)cc1)c1cccc(N2CCCS2(=O)=O)c1. The van der Waals surface area contributed by atoms with E-state index >= 15 is 0 Å². The van der Waals surface area contributed by atoms with Gasteiger partial charge >= 0.3 is 0 Å². The zero-order chi connectivity index (χ0) is 16.4. The van der Waals surface area contributed by atoms with Gasteiger partial charge < -0.3 is 5.32 Å². The van der Waals surface area contributed by atoms with Crippen LogP contribution < -0.4 is 9.62 Å². The summed E-state index contributed by atoms with van der Waals surface area (Å²) in [5, 5.41) is 3.35. The van der Waals surface area contributed by atoms with E-state index in [9.17, 15) is 13.2 Å². The molecule has 1 aliphatic heterocycles. The van der Waals surface area contributed by atoms with Gasteiger partial charge in [-0.3, -0.25) is 9.10 Å². The number of halogens is 1. The lowest BCUT2D eigenvalue weighted by Crippen LogP contribution is -2.25. The fourth-order valence-electron chi connectivity index (χ4n) is 2.47. The molecule has 7 heteroatoms. The van der Waals surface area contributed by atoms with Crippen molar-refractivity contribution >= 4 is 38.9 Å². The van der Waals surface area contributed by atoms with Gasteiger partial charge in [-0.05, 0) is 48.9 Å². The van der Waals surface area contributed by atoms with Gasteiger partial charge in [-0.2, -0.15) is 0 Å². The second-order valence-electron chi connectivity index (χ2n) is 5.25. The van der Waals surface area contributed by atoms with Crippen molar-refractivity contribution in [1.82, 2.24) is 0 Å². The number of nitrogens with one attached hydrogen (secondary N) is 1. The summed E-state index contributed by atoms with van der Waals surface area (Å²) in [6.45, 7) is 0.449. The zero-order valence-electron chi connectivity index (χ0n) is 12.2. The van der Waals surface area contributed by atoms with Gasteiger partial charge in [0, 0.05) is 22.8 Å². The molecule has 0 atom stereocenters. The molecule has 1 aliphatic rings. The highest BCUT2D eigenvalue weighted by molar-refractivity contribution is 7.93. The van der Waals surface area contributed by atoms with Crippen molar-refractivity contribution in [3.05, 3.63) is 59.1 Å². The van der Waals surface area contributed by atoms with Crippen LogP contribution in [-0.2, 0) is 10.0 Å². The first kappa shape index (κ1) is 15.8. The summed E-state index contributed by atoms with van der Waals surface area (Å²) in [5.41, 5.74) is 1.55. The number of nitrogens with zero attached hydrogens (tertiary/aromatic N) is 1. The van der Waals surface area contributed by atoms with Crippen molar-refractivity contribution in [1.29, 1.82) is 0 Å². The summed E-state index contributed by atoms with van der Waals surface area (Å²) in [4.78, 5) is 12.3. The summed E-state index contributed by atoms with van der Waals surface area (Å²) in [7, 11) is -3.26. The number of hydrogen-bond donors (Lipinski definition) is 1. The number of benzene rings is 2. The lowest BCUT2D eigenvalue weighted by atomic mass is 10.2. The van der Waals surface area contributed by atoms with Crippen molar-refractivity contribution < 1.29 is 13.2 Å². The highest BCUT2D eigenvalue weighted by Crippen LogP contribution is 2.25. The van der Waals surface area contributed by atoms with Gasteiger partial charge in [-0.25, -0.2) is 8.42 Å². The molecule has 0 aromatic heterocycles. The Balaban J connectivity index is 1.82. The van der Waals surface area contributed by atoms with Gasteiger partial charge in [-0.1, -0.05) is 17.7 Å². The molecule has 2 aromatic rings. The average Bonchev–Trinajstić information content (AvgIpc) is 2.89. The van der Waals surface area contributed by atoms with E-state index in [1.54, 1.807) is 48.5 Å². The number of carbonyl (C=O) groups excluding carboxylic acids is 1. The van der Waals surface area contributed by atoms with E-state index in [-0.39, 0.29) is 11.7 Å². The van der Waals surface area contributed by atoms with Crippen molar-refractivity contribution in [3.63, 3.8) is 0 Å². The maximum absolute atomic E-state index is 12.3. The van der Waals surface area contributed by atoms with Gasteiger partial charge in [0.1, 0.15) is 0 Å². The third-order valence-electron chi connectivity index (χ3n) is 3.60. The Morgan fingerprint density at radius 2 is 1.87 bits per heavy atom. The largest absolute Gasteiger partial charge is 0.322 e. The van der Waals surface area contributed by atoms with Crippen LogP contribution in [-0.4, -0.2) is 26.6 Å². The van der Waals surface area contributed by atoms with Gasteiger partial charge in [-0.15, -0.1) is 0 Å². The molecule has 1 N–H and O–H groups in total. The molecule has 1 fully saturated rings. The van der Waals surface area contributed by atoms with Gasteiger partial charge in [0.2, 0.25) is 10.0 Å². The Labute approximate surface area is 139 Å². The molecule has 1 heterocycles. The van der Waals surface area contributed by atoms with Crippen LogP contribution in [0.4, 0.5) is 11.4 Å². The lowest BCUT2D eigenvalue weighted by Gasteiger charge is -2.17. The molecule has 3 rings (SSSR count). The molecule has 0 spiro atoms. The quantitative estimate of drug-likeness (QED) is 0.924. The van der Waals surface area contributed by atoms with E-state index in [1.165, 1.54) is 4.31 Å². The molecule has 1 saturated heterocycles. The van der Waals surface area contributed by atoms with Crippen LogP contribution >= 0.6 is 11.6 Å². The number of carbonyl (C=O) groups is 1. The lowest BCUT2D eigenvalue weighted by molar-refractivity contribution is 0.102. The highest BCUT2D eigenvalue weighted by Gasteiger charge is 2.28. The molecule has 0 bridgehead atoms. The predicted molar refractivity (Wildman–Crippen MR) is 91.6 cm³/mol. The topological polar surface area (TPSA) is 66.5 Å². The van der Waals surface area contributed by atoms with E-state index in [0.29, 0.717) is 34.9 Å². The third-order valence-corrected chi connectivity index (χ3v) is 5.72. The molecule has 23 heavy (non-hydrogen) atoms. The second kappa shape index (κ2) is 6.22. The van der Waals surface area contributed by atoms with Gasteiger partial charge in [0.05, 0.1) is 11.4 Å². The first-order chi connectivity index (χ1) is 11.0. The van der Waals surface area contributed by atoms with Crippen LogP contribution in [0, 0.1) is 0 Å². The van der Waals surface area contributed by atoms with E-state index in [0.717, 1.165) is 0 Å². The number of rotatable bonds is 3. The second-order valence-corrected chi connectivity index (χ2v) is 7.70. The highest BCUT2D eigenvalue weighted by atomic mass is 35.5. The summed E-state index contributed by atoms with van der Waals surface area (Å²) in [6.07, 6.45) is 0.601. The molecule has 2 aromatic carbocycles. The summed E-state index contributed by atoms with van der Waals surface area (Å²) < 4.78 is 25.3. The Hall–Kier alpha value is -2.05. The van der Waals surface area contributed by atoms with E-state index in [1.807, 2.05) is 0 Å².